The first kappa shape index (κ1) is 17.6. The van der Waals surface area contributed by atoms with E-state index in [2.05, 4.69) is 15.4 Å². The molecule has 3 aromatic rings. The van der Waals surface area contributed by atoms with Gasteiger partial charge in [0.2, 0.25) is 5.91 Å². The third kappa shape index (κ3) is 4.05. The van der Waals surface area contributed by atoms with Gasteiger partial charge in [0.15, 0.2) is 5.65 Å². The molecule has 0 aliphatic carbocycles. The van der Waals surface area contributed by atoms with Crippen molar-refractivity contribution in [3.05, 3.63) is 53.0 Å². The van der Waals surface area contributed by atoms with E-state index in [4.69, 9.17) is 4.74 Å². The third-order valence-corrected chi connectivity index (χ3v) is 3.80. The van der Waals surface area contributed by atoms with Crippen LogP contribution in [-0.4, -0.2) is 38.4 Å². The van der Waals surface area contributed by atoms with Gasteiger partial charge in [0.25, 0.3) is 5.56 Å². The fraction of sp³-hybridized carbons (Fsp3) is 0.294. The minimum absolute atomic E-state index is 0.143. The molecule has 0 aliphatic heterocycles. The van der Waals surface area contributed by atoms with Crippen LogP contribution in [0.1, 0.15) is 6.42 Å². The number of ether oxygens (including phenoxy) is 1. The number of hydrogen-bond acceptors (Lipinski definition) is 5. The van der Waals surface area contributed by atoms with Crippen LogP contribution in [0.25, 0.3) is 11.0 Å². The topological polar surface area (TPSA) is 91.0 Å². The third-order valence-electron chi connectivity index (χ3n) is 3.80. The number of halogens is 1. The molecule has 2 heterocycles. The summed E-state index contributed by atoms with van der Waals surface area (Å²) < 4.78 is 21.1. The van der Waals surface area contributed by atoms with Gasteiger partial charge in [-0.3, -0.25) is 18.8 Å². The molecule has 0 spiro atoms. The van der Waals surface area contributed by atoms with E-state index in [-0.39, 0.29) is 36.9 Å². The molecule has 0 bridgehead atoms. The molecular weight excluding hydrogens is 341 g/mol. The second-order valence-corrected chi connectivity index (χ2v) is 5.65. The Balaban J connectivity index is 1.45. The Labute approximate surface area is 148 Å². The Morgan fingerprint density at radius 3 is 2.85 bits per heavy atom. The summed E-state index contributed by atoms with van der Waals surface area (Å²) in [7, 11) is 1.71. The van der Waals surface area contributed by atoms with Crippen LogP contribution in [0.4, 0.5) is 4.39 Å². The van der Waals surface area contributed by atoms with E-state index in [1.807, 2.05) is 0 Å². The zero-order chi connectivity index (χ0) is 18.5. The summed E-state index contributed by atoms with van der Waals surface area (Å²) in [5, 5.41) is 7.12. The molecule has 9 heteroatoms. The highest BCUT2D eigenvalue weighted by Gasteiger charge is 2.09. The molecule has 0 radical (unpaired) electrons. The van der Waals surface area contributed by atoms with Crippen LogP contribution in [0.3, 0.4) is 0 Å². The number of benzene rings is 1. The minimum atomic E-state index is -0.333. The van der Waals surface area contributed by atoms with E-state index in [9.17, 15) is 14.0 Å². The van der Waals surface area contributed by atoms with Gasteiger partial charge in [0.1, 0.15) is 23.6 Å². The van der Waals surface area contributed by atoms with Gasteiger partial charge in [-0.15, -0.1) is 0 Å². The summed E-state index contributed by atoms with van der Waals surface area (Å²) in [4.78, 5) is 28.3. The summed E-state index contributed by atoms with van der Waals surface area (Å²) in [5.74, 6) is -0.00575. The summed E-state index contributed by atoms with van der Waals surface area (Å²) in [6, 6.07) is 5.65. The number of amides is 1. The second kappa shape index (κ2) is 7.77. The first-order valence-corrected chi connectivity index (χ1v) is 8.07. The van der Waals surface area contributed by atoms with Crippen LogP contribution in [0.2, 0.25) is 0 Å². The average Bonchev–Trinajstić information content (AvgIpc) is 3.01. The van der Waals surface area contributed by atoms with Crippen LogP contribution < -0.4 is 15.6 Å². The van der Waals surface area contributed by atoms with Gasteiger partial charge >= 0.3 is 0 Å². The molecule has 0 atom stereocenters. The monoisotopic (exact) mass is 359 g/mol. The van der Waals surface area contributed by atoms with Crippen molar-refractivity contribution < 1.29 is 13.9 Å². The number of aryl methyl sites for hydroxylation is 2. The van der Waals surface area contributed by atoms with Crippen LogP contribution in [-0.2, 0) is 18.4 Å². The van der Waals surface area contributed by atoms with Crippen LogP contribution in [0.15, 0.2) is 41.6 Å². The van der Waals surface area contributed by atoms with Crippen LogP contribution in [0.5, 0.6) is 5.75 Å². The maximum Gasteiger partial charge on any atom is 0.264 e. The molecule has 1 aromatic carbocycles. The largest absolute Gasteiger partial charge is 0.492 e. The van der Waals surface area contributed by atoms with E-state index >= 15 is 0 Å². The van der Waals surface area contributed by atoms with Crippen LogP contribution in [0, 0.1) is 5.82 Å². The van der Waals surface area contributed by atoms with Crippen molar-refractivity contribution in [2.24, 2.45) is 7.05 Å². The van der Waals surface area contributed by atoms with Gasteiger partial charge < -0.3 is 10.1 Å². The zero-order valence-electron chi connectivity index (χ0n) is 14.2. The highest BCUT2D eigenvalue weighted by Crippen LogP contribution is 2.10. The lowest BCUT2D eigenvalue weighted by atomic mass is 10.3. The molecule has 1 amide bonds. The predicted octanol–water partition coefficient (Wildman–Crippen LogP) is 0.854. The number of aromatic nitrogens is 4. The molecule has 3 rings (SSSR count). The average molecular weight is 359 g/mol. The summed E-state index contributed by atoms with van der Waals surface area (Å²) in [6.07, 6.45) is 3.02. The number of fused-ring (bicyclic) bond motifs is 1. The molecule has 0 unspecified atom stereocenters. The van der Waals surface area contributed by atoms with Gasteiger partial charge in [-0.1, -0.05) is 0 Å². The summed E-state index contributed by atoms with van der Waals surface area (Å²) in [6.45, 7) is 0.798. The van der Waals surface area contributed by atoms with Gasteiger partial charge in [-0.05, 0) is 24.3 Å². The lowest BCUT2D eigenvalue weighted by Gasteiger charge is -2.08. The van der Waals surface area contributed by atoms with Crippen LogP contribution >= 0.6 is 0 Å². The van der Waals surface area contributed by atoms with Gasteiger partial charge in [-0.25, -0.2) is 9.37 Å². The highest BCUT2D eigenvalue weighted by molar-refractivity contribution is 5.76. The van der Waals surface area contributed by atoms with Crippen molar-refractivity contribution >= 4 is 16.9 Å². The minimum Gasteiger partial charge on any atom is -0.492 e. The van der Waals surface area contributed by atoms with Crippen molar-refractivity contribution in [3.63, 3.8) is 0 Å². The molecule has 26 heavy (non-hydrogen) atoms. The first-order valence-electron chi connectivity index (χ1n) is 8.07. The Kier molecular flexibility index (Phi) is 5.26. The standard InChI is InChI=1S/C17H18FN5O3/c1-22-16-14(10-21-22)17(25)23(11-20-16)8-6-15(24)19-7-9-26-13-4-2-12(18)3-5-13/h2-5,10-11H,6-9H2,1H3,(H,19,24). The van der Waals surface area contributed by atoms with Crippen molar-refractivity contribution in [1.29, 1.82) is 0 Å². The number of nitrogens with zero attached hydrogens (tertiary/aromatic N) is 4. The van der Waals surface area contributed by atoms with E-state index < -0.39 is 0 Å². The smallest absolute Gasteiger partial charge is 0.264 e. The van der Waals surface area contributed by atoms with Gasteiger partial charge in [0.05, 0.1) is 19.1 Å². The molecule has 8 nitrogen and oxygen atoms in total. The van der Waals surface area contributed by atoms with Crippen molar-refractivity contribution in [2.45, 2.75) is 13.0 Å². The predicted molar refractivity (Wildman–Crippen MR) is 92.3 cm³/mol. The van der Waals surface area contributed by atoms with E-state index in [1.54, 1.807) is 7.05 Å². The number of nitrogens with one attached hydrogen (secondary N) is 1. The summed E-state index contributed by atoms with van der Waals surface area (Å²) in [5.41, 5.74) is 0.282. The normalized spacial score (nSPS) is 10.8. The molecule has 0 saturated heterocycles. The second-order valence-electron chi connectivity index (χ2n) is 5.65. The SMILES string of the molecule is Cn1ncc2c(=O)n(CCC(=O)NCCOc3ccc(F)cc3)cnc21. The molecule has 1 N–H and O–H groups in total. The number of rotatable bonds is 7. The number of carbonyl (C=O) groups excluding carboxylic acids is 1. The Hall–Kier alpha value is -3.23. The Bertz CT molecular complexity index is 965. The van der Waals surface area contributed by atoms with E-state index in [0.717, 1.165) is 0 Å². The van der Waals surface area contributed by atoms with E-state index in [0.29, 0.717) is 23.3 Å². The Morgan fingerprint density at radius 1 is 1.31 bits per heavy atom. The molecule has 0 aliphatic rings. The quantitative estimate of drug-likeness (QED) is 0.632. The fourth-order valence-electron chi connectivity index (χ4n) is 2.43. The lowest BCUT2D eigenvalue weighted by Crippen LogP contribution is -2.30. The lowest BCUT2D eigenvalue weighted by molar-refractivity contribution is -0.121. The van der Waals surface area contributed by atoms with E-state index in [1.165, 1.54) is 46.0 Å². The van der Waals surface area contributed by atoms with Crippen molar-refractivity contribution in [2.75, 3.05) is 13.2 Å². The molecule has 0 fully saturated rings. The maximum atomic E-state index is 12.8. The zero-order valence-corrected chi connectivity index (χ0v) is 14.2. The number of carbonyl (C=O) groups is 1. The maximum absolute atomic E-state index is 12.8. The molecular formula is C17H18FN5O3. The number of hydrogen-bond donors (Lipinski definition) is 1. The van der Waals surface area contributed by atoms with Gasteiger partial charge in [0, 0.05) is 20.0 Å². The fourth-order valence-corrected chi connectivity index (χ4v) is 2.43. The molecule has 136 valence electrons. The molecule has 2 aromatic heterocycles. The highest BCUT2D eigenvalue weighted by atomic mass is 19.1. The Morgan fingerprint density at radius 2 is 2.08 bits per heavy atom. The first-order chi connectivity index (χ1) is 12.5. The summed E-state index contributed by atoms with van der Waals surface area (Å²) >= 11 is 0. The molecule has 0 saturated carbocycles. The van der Waals surface area contributed by atoms with Crippen molar-refractivity contribution in [1.82, 2.24) is 24.6 Å². The van der Waals surface area contributed by atoms with Gasteiger partial charge in [-0.2, -0.15) is 5.10 Å². The van der Waals surface area contributed by atoms with Crippen molar-refractivity contribution in [3.8, 4) is 5.75 Å².